The number of benzene rings is 3. The summed E-state index contributed by atoms with van der Waals surface area (Å²) in [6.45, 7) is 3.45. The van der Waals surface area contributed by atoms with Crippen molar-refractivity contribution in [1.29, 1.82) is 0 Å². The number of fused-ring (bicyclic) bond motifs is 1. The molecule has 9 nitrogen and oxygen atoms in total. The zero-order valence-corrected chi connectivity index (χ0v) is 23.8. The quantitative estimate of drug-likeness (QED) is 0.153. The Kier molecular flexibility index (Phi) is 8.80. The van der Waals surface area contributed by atoms with Crippen LogP contribution in [0, 0.1) is 0 Å². The van der Waals surface area contributed by atoms with Crippen molar-refractivity contribution in [3.05, 3.63) is 114 Å². The predicted molar refractivity (Wildman–Crippen MR) is 163 cm³/mol. The monoisotopic (exact) mass is 564 g/mol. The van der Waals surface area contributed by atoms with Gasteiger partial charge < -0.3 is 31.1 Å². The highest BCUT2D eigenvalue weighted by molar-refractivity contribution is 5.91. The summed E-state index contributed by atoms with van der Waals surface area (Å²) in [5.74, 6) is -0.256. The number of aromatic nitrogens is 3. The van der Waals surface area contributed by atoms with Crippen molar-refractivity contribution in [3.8, 4) is 11.3 Å². The molecule has 5 rings (SSSR count). The number of hydrogen-bond acceptors (Lipinski definition) is 5. The van der Waals surface area contributed by atoms with E-state index in [4.69, 9.17) is 10.5 Å². The van der Waals surface area contributed by atoms with Crippen LogP contribution in [0.1, 0.15) is 36.8 Å². The Morgan fingerprint density at radius 2 is 1.64 bits per heavy atom. The summed E-state index contributed by atoms with van der Waals surface area (Å²) >= 11 is 0. The molecule has 2 amide bonds. The Morgan fingerprint density at radius 3 is 2.38 bits per heavy atom. The van der Waals surface area contributed by atoms with Crippen LogP contribution in [0.15, 0.2) is 97.3 Å². The number of nitrogens with one attached hydrogen (secondary N) is 4. The summed E-state index contributed by atoms with van der Waals surface area (Å²) in [4.78, 5) is 38.0. The molecule has 2 atom stereocenters. The summed E-state index contributed by atoms with van der Waals surface area (Å²) in [6, 6.07) is 26.0. The number of ether oxygens (including phenoxy) is 1. The average molecular weight is 565 g/mol. The lowest BCUT2D eigenvalue weighted by Crippen LogP contribution is -2.57. The van der Waals surface area contributed by atoms with Gasteiger partial charge in [-0.15, -0.1) is 0 Å². The lowest BCUT2D eigenvalue weighted by molar-refractivity contribution is -0.133. The molecule has 6 N–H and O–H groups in total. The Hall–Kier alpha value is -4.73. The van der Waals surface area contributed by atoms with Crippen molar-refractivity contribution < 1.29 is 14.3 Å². The molecule has 0 fully saturated rings. The molecule has 0 radical (unpaired) electrons. The minimum Gasteiger partial charge on any atom is -0.374 e. The van der Waals surface area contributed by atoms with Gasteiger partial charge in [0, 0.05) is 23.5 Å². The topological polar surface area (TPSA) is 138 Å². The van der Waals surface area contributed by atoms with E-state index in [1.165, 1.54) is 0 Å². The molecule has 2 heterocycles. The molecule has 0 aliphatic rings. The predicted octanol–water partition coefficient (Wildman–Crippen LogP) is 4.40. The highest BCUT2D eigenvalue weighted by atomic mass is 16.5. The molecule has 0 saturated carbocycles. The van der Waals surface area contributed by atoms with E-state index < -0.39 is 29.4 Å². The van der Waals surface area contributed by atoms with E-state index in [2.05, 4.69) is 25.6 Å². The summed E-state index contributed by atoms with van der Waals surface area (Å²) in [5.41, 5.74) is 9.68. The third-order valence-corrected chi connectivity index (χ3v) is 7.03. The van der Waals surface area contributed by atoms with Gasteiger partial charge in [-0.05, 0) is 36.6 Å². The molecule has 3 aromatic carbocycles. The number of nitrogens with two attached hydrogens (primary N) is 1. The van der Waals surface area contributed by atoms with Crippen molar-refractivity contribution in [1.82, 2.24) is 25.6 Å². The number of para-hydroxylation sites is 1. The molecule has 0 aliphatic carbocycles. The molecule has 42 heavy (non-hydrogen) atoms. The van der Waals surface area contributed by atoms with Gasteiger partial charge in [-0.25, -0.2) is 4.98 Å². The standard InChI is InChI=1S/C33H36N6O3/c1-33(2,34)32(41)39-29(21-42-20-22-11-5-3-6-12-22)31(40)38-27(17-24-18-35-26-16-10-9-15-25(24)26)30-36-19-28(37-30)23-13-7-4-8-14-23/h3-16,18-19,27,29,35H,17,20-21,34H2,1-2H3,(H,36,37)(H,38,40)(H,39,41)/t27-,29-/m1/s1. The van der Waals surface area contributed by atoms with Gasteiger partial charge in [-0.3, -0.25) is 9.59 Å². The maximum atomic E-state index is 13.8. The van der Waals surface area contributed by atoms with Crippen molar-refractivity contribution in [2.75, 3.05) is 6.61 Å². The average Bonchev–Trinajstić information content (AvgIpc) is 3.65. The fourth-order valence-electron chi connectivity index (χ4n) is 4.68. The SMILES string of the molecule is CC(C)(N)C(=O)N[C@H](COCc1ccccc1)C(=O)N[C@H](Cc1c[nH]c2ccccc12)c1ncc(-c2ccccc2)[nH]1. The van der Waals surface area contributed by atoms with Crippen molar-refractivity contribution in [2.24, 2.45) is 5.73 Å². The molecule has 5 aromatic rings. The molecule has 0 bridgehead atoms. The smallest absolute Gasteiger partial charge is 0.245 e. The molecule has 0 spiro atoms. The number of carbonyl (C=O) groups is 2. The molecule has 0 aliphatic heterocycles. The first-order valence-electron chi connectivity index (χ1n) is 13.9. The number of nitrogens with zero attached hydrogens (tertiary/aromatic N) is 1. The van der Waals surface area contributed by atoms with E-state index in [1.54, 1.807) is 20.0 Å². The number of aromatic amines is 2. The minimum absolute atomic E-state index is 0.0320. The van der Waals surface area contributed by atoms with E-state index in [0.717, 1.165) is 33.3 Å². The fraction of sp³-hybridized carbons (Fsp3) is 0.242. The second kappa shape index (κ2) is 12.8. The molecule has 216 valence electrons. The maximum absolute atomic E-state index is 13.8. The summed E-state index contributed by atoms with van der Waals surface area (Å²) in [5, 5.41) is 6.97. The van der Waals surface area contributed by atoms with Gasteiger partial charge in [0.05, 0.1) is 36.7 Å². The van der Waals surface area contributed by atoms with Crippen LogP contribution in [0.5, 0.6) is 0 Å². The number of amides is 2. The normalized spacial score (nSPS) is 13.0. The van der Waals surface area contributed by atoms with Gasteiger partial charge in [0.15, 0.2) is 0 Å². The van der Waals surface area contributed by atoms with Gasteiger partial charge >= 0.3 is 0 Å². The molecule has 2 aromatic heterocycles. The molecule has 9 heteroatoms. The zero-order chi connectivity index (χ0) is 29.5. The zero-order valence-electron chi connectivity index (χ0n) is 23.8. The third kappa shape index (κ3) is 7.12. The summed E-state index contributed by atoms with van der Waals surface area (Å²) in [7, 11) is 0. The van der Waals surface area contributed by atoms with E-state index in [9.17, 15) is 9.59 Å². The van der Waals surface area contributed by atoms with Crippen LogP contribution in [0.3, 0.4) is 0 Å². The van der Waals surface area contributed by atoms with E-state index >= 15 is 0 Å². The molecule has 0 saturated heterocycles. The van der Waals surface area contributed by atoms with Gasteiger partial charge in [0.1, 0.15) is 11.9 Å². The Labute approximate surface area is 244 Å². The summed E-state index contributed by atoms with van der Waals surface area (Å²) in [6.07, 6.45) is 4.17. The number of carbonyl (C=O) groups excluding carboxylic acids is 2. The Balaban J connectivity index is 1.40. The first-order valence-corrected chi connectivity index (χ1v) is 13.9. The number of imidazole rings is 1. The highest BCUT2D eigenvalue weighted by Crippen LogP contribution is 2.25. The fourth-order valence-corrected chi connectivity index (χ4v) is 4.68. The second-order valence-corrected chi connectivity index (χ2v) is 10.9. The van der Waals surface area contributed by atoms with Crippen LogP contribution in [0.2, 0.25) is 0 Å². The lowest BCUT2D eigenvalue weighted by atomic mass is 10.0. The Morgan fingerprint density at radius 1 is 0.952 bits per heavy atom. The van der Waals surface area contributed by atoms with Gasteiger partial charge in [-0.1, -0.05) is 78.9 Å². The van der Waals surface area contributed by atoms with Crippen LogP contribution in [-0.4, -0.2) is 45.0 Å². The lowest BCUT2D eigenvalue weighted by Gasteiger charge is -2.26. The minimum atomic E-state index is -1.17. The van der Waals surface area contributed by atoms with Crippen molar-refractivity contribution in [2.45, 2.75) is 44.5 Å². The van der Waals surface area contributed by atoms with Crippen molar-refractivity contribution in [3.63, 3.8) is 0 Å². The molecule has 0 unspecified atom stereocenters. The van der Waals surface area contributed by atoms with Crippen molar-refractivity contribution >= 4 is 22.7 Å². The summed E-state index contributed by atoms with van der Waals surface area (Å²) < 4.78 is 5.88. The van der Waals surface area contributed by atoms with E-state index in [-0.39, 0.29) is 6.61 Å². The van der Waals surface area contributed by atoms with Crippen LogP contribution < -0.4 is 16.4 Å². The first kappa shape index (κ1) is 28.8. The van der Waals surface area contributed by atoms with Gasteiger partial charge in [0.2, 0.25) is 11.8 Å². The van der Waals surface area contributed by atoms with E-state index in [1.807, 2.05) is 91.1 Å². The number of hydrogen-bond donors (Lipinski definition) is 5. The van der Waals surface area contributed by atoms with Crippen LogP contribution in [0.4, 0.5) is 0 Å². The highest BCUT2D eigenvalue weighted by Gasteiger charge is 2.30. The van der Waals surface area contributed by atoms with Gasteiger partial charge in [-0.2, -0.15) is 0 Å². The largest absolute Gasteiger partial charge is 0.374 e. The van der Waals surface area contributed by atoms with E-state index in [0.29, 0.717) is 18.9 Å². The number of H-pyrrole nitrogens is 2. The first-order chi connectivity index (χ1) is 20.3. The molecular weight excluding hydrogens is 528 g/mol. The third-order valence-electron chi connectivity index (χ3n) is 7.03. The Bertz CT molecular complexity index is 1620. The van der Waals surface area contributed by atoms with Crippen LogP contribution >= 0.6 is 0 Å². The second-order valence-electron chi connectivity index (χ2n) is 10.9. The maximum Gasteiger partial charge on any atom is 0.245 e. The number of rotatable bonds is 12. The van der Waals surface area contributed by atoms with Crippen LogP contribution in [0.25, 0.3) is 22.2 Å². The van der Waals surface area contributed by atoms with Gasteiger partial charge in [0.25, 0.3) is 0 Å². The van der Waals surface area contributed by atoms with Crippen LogP contribution in [-0.2, 0) is 27.4 Å². The molecular formula is C33H36N6O3.